The Morgan fingerprint density at radius 2 is 1.88 bits per heavy atom. The van der Waals surface area contributed by atoms with Crippen molar-refractivity contribution in [1.29, 1.82) is 0 Å². The minimum atomic E-state index is -4.35. The van der Waals surface area contributed by atoms with Crippen molar-refractivity contribution >= 4 is 11.7 Å². The molecule has 1 aromatic carbocycles. The van der Waals surface area contributed by atoms with Crippen LogP contribution in [0.4, 0.5) is 19.0 Å². The predicted octanol–water partition coefficient (Wildman–Crippen LogP) is 4.36. The third-order valence-electron chi connectivity index (χ3n) is 6.40. The van der Waals surface area contributed by atoms with E-state index in [1.807, 2.05) is 30.0 Å². The van der Waals surface area contributed by atoms with Crippen molar-refractivity contribution in [3.63, 3.8) is 0 Å². The predicted molar refractivity (Wildman–Crippen MR) is 117 cm³/mol. The maximum absolute atomic E-state index is 13.1. The van der Waals surface area contributed by atoms with Gasteiger partial charge in [-0.3, -0.25) is 9.69 Å². The molecule has 1 aromatic heterocycles. The van der Waals surface area contributed by atoms with Crippen molar-refractivity contribution in [1.82, 2.24) is 14.8 Å². The van der Waals surface area contributed by atoms with E-state index >= 15 is 0 Å². The summed E-state index contributed by atoms with van der Waals surface area (Å²) in [5, 5.41) is 0. The fourth-order valence-electron chi connectivity index (χ4n) is 4.37. The molecule has 1 amide bonds. The third kappa shape index (κ3) is 5.41. The smallest absolute Gasteiger partial charge is 0.353 e. The molecule has 0 N–H and O–H groups in total. The zero-order chi connectivity index (χ0) is 22.7. The molecular weight excluding hydrogens is 417 g/mol. The third-order valence-corrected chi connectivity index (χ3v) is 6.40. The second-order valence-electron chi connectivity index (χ2n) is 8.57. The van der Waals surface area contributed by atoms with E-state index in [0.717, 1.165) is 37.8 Å². The fourth-order valence-corrected chi connectivity index (χ4v) is 4.37. The van der Waals surface area contributed by atoms with E-state index in [1.54, 1.807) is 12.3 Å². The summed E-state index contributed by atoms with van der Waals surface area (Å²) in [4.78, 5) is 23.5. The van der Waals surface area contributed by atoms with Gasteiger partial charge in [-0.2, -0.15) is 13.2 Å². The summed E-state index contributed by atoms with van der Waals surface area (Å²) in [6.07, 6.45) is -0.151. The van der Waals surface area contributed by atoms with Crippen LogP contribution in [0.15, 0.2) is 48.7 Å². The van der Waals surface area contributed by atoms with Gasteiger partial charge in [0.1, 0.15) is 5.82 Å². The van der Waals surface area contributed by atoms with E-state index in [9.17, 15) is 18.0 Å². The van der Waals surface area contributed by atoms with Gasteiger partial charge in [-0.1, -0.05) is 18.2 Å². The average molecular weight is 447 g/mol. The zero-order valence-corrected chi connectivity index (χ0v) is 18.3. The van der Waals surface area contributed by atoms with Crippen LogP contribution in [0.25, 0.3) is 0 Å². The first-order chi connectivity index (χ1) is 15.3. The summed E-state index contributed by atoms with van der Waals surface area (Å²) in [5.41, 5.74) is 0.0163. The van der Waals surface area contributed by atoms with Gasteiger partial charge in [0.15, 0.2) is 0 Å². The summed E-state index contributed by atoms with van der Waals surface area (Å²) >= 11 is 0. The minimum Gasteiger partial charge on any atom is -0.353 e. The van der Waals surface area contributed by atoms with Crippen molar-refractivity contribution in [3.8, 4) is 0 Å². The molecule has 1 aliphatic carbocycles. The van der Waals surface area contributed by atoms with Crippen molar-refractivity contribution in [3.05, 3.63) is 59.8 Å². The number of nitrogens with zero attached hydrogens (tertiary/aromatic N) is 4. The van der Waals surface area contributed by atoms with Crippen LogP contribution in [0.5, 0.6) is 0 Å². The summed E-state index contributed by atoms with van der Waals surface area (Å²) in [5.74, 6) is 1.03. The number of anilines is 1. The lowest BCUT2D eigenvalue weighted by Crippen LogP contribution is -2.49. The topological polar surface area (TPSA) is 39.7 Å². The minimum absolute atomic E-state index is 0.104. The number of hydrogen-bond donors (Lipinski definition) is 0. The number of carbonyl (C=O) groups excluding carboxylic acids is 1. The van der Waals surface area contributed by atoms with Crippen LogP contribution < -0.4 is 4.90 Å². The molecule has 1 saturated heterocycles. The van der Waals surface area contributed by atoms with Crippen LogP contribution in [0.2, 0.25) is 0 Å². The van der Waals surface area contributed by atoms with Gasteiger partial charge in [-0.25, -0.2) is 4.98 Å². The molecule has 5 nitrogen and oxygen atoms in total. The molecular formula is C24H29F3N4O. The van der Waals surface area contributed by atoms with Crippen LogP contribution in [0, 0.1) is 0 Å². The molecule has 172 valence electrons. The molecule has 2 fully saturated rings. The molecule has 0 spiro atoms. The Kier molecular flexibility index (Phi) is 6.69. The first kappa shape index (κ1) is 22.6. The van der Waals surface area contributed by atoms with E-state index in [0.29, 0.717) is 37.7 Å². The number of halogens is 3. The van der Waals surface area contributed by atoms with E-state index in [4.69, 9.17) is 0 Å². The van der Waals surface area contributed by atoms with Crippen LogP contribution in [0.3, 0.4) is 0 Å². The molecule has 4 rings (SSSR count). The SMILES string of the molecule is CC(c1cccc(C(F)(F)F)c1)N(CCC(=O)N1CCN(c2ccccn2)CC1)C1CC1. The van der Waals surface area contributed by atoms with Gasteiger partial charge >= 0.3 is 6.18 Å². The Hall–Kier alpha value is -2.61. The van der Waals surface area contributed by atoms with E-state index in [-0.39, 0.29) is 11.9 Å². The number of alkyl halides is 3. The van der Waals surface area contributed by atoms with Crippen molar-refractivity contribution in [2.24, 2.45) is 0 Å². The second kappa shape index (κ2) is 9.48. The number of amides is 1. The van der Waals surface area contributed by atoms with Gasteiger partial charge < -0.3 is 9.80 Å². The summed E-state index contributed by atoms with van der Waals surface area (Å²) < 4.78 is 39.4. The highest BCUT2D eigenvalue weighted by molar-refractivity contribution is 5.76. The number of pyridine rings is 1. The average Bonchev–Trinajstić information content (AvgIpc) is 3.64. The van der Waals surface area contributed by atoms with Gasteiger partial charge in [0.05, 0.1) is 5.56 Å². The molecule has 1 saturated carbocycles. The molecule has 8 heteroatoms. The molecule has 1 unspecified atom stereocenters. The standard InChI is InChI=1S/C24H29F3N4O/c1-18(19-5-4-6-20(17-19)24(25,26)27)31(21-8-9-21)12-10-23(32)30-15-13-29(14-16-30)22-7-2-3-11-28-22/h2-7,11,17-18,21H,8-10,12-16H2,1H3. The van der Waals surface area contributed by atoms with Gasteiger partial charge in [0, 0.05) is 57.4 Å². The van der Waals surface area contributed by atoms with Crippen molar-refractivity contribution < 1.29 is 18.0 Å². The Balaban J connectivity index is 1.33. The van der Waals surface area contributed by atoms with Crippen LogP contribution in [-0.4, -0.2) is 59.5 Å². The Labute approximate surface area is 186 Å². The summed E-state index contributed by atoms with van der Waals surface area (Å²) in [6.45, 7) is 5.29. The van der Waals surface area contributed by atoms with Crippen molar-refractivity contribution in [2.45, 2.75) is 44.4 Å². The number of carbonyl (C=O) groups is 1. The number of aromatic nitrogens is 1. The highest BCUT2D eigenvalue weighted by Gasteiger charge is 2.35. The summed E-state index contributed by atoms with van der Waals surface area (Å²) in [6, 6.07) is 11.5. The lowest BCUT2D eigenvalue weighted by molar-refractivity contribution is -0.137. The summed E-state index contributed by atoms with van der Waals surface area (Å²) in [7, 11) is 0. The Morgan fingerprint density at radius 3 is 2.50 bits per heavy atom. The highest BCUT2D eigenvalue weighted by atomic mass is 19.4. The fraction of sp³-hybridized carbons (Fsp3) is 0.500. The van der Waals surface area contributed by atoms with Crippen LogP contribution in [-0.2, 0) is 11.0 Å². The zero-order valence-electron chi connectivity index (χ0n) is 18.3. The maximum atomic E-state index is 13.1. The largest absolute Gasteiger partial charge is 0.416 e. The molecule has 2 aromatic rings. The molecule has 1 atom stereocenters. The van der Waals surface area contributed by atoms with Crippen LogP contribution >= 0.6 is 0 Å². The maximum Gasteiger partial charge on any atom is 0.416 e. The monoisotopic (exact) mass is 446 g/mol. The van der Waals surface area contributed by atoms with Gasteiger partial charge in [0.25, 0.3) is 0 Å². The molecule has 0 radical (unpaired) electrons. The molecule has 2 heterocycles. The first-order valence-electron chi connectivity index (χ1n) is 11.2. The first-order valence-corrected chi connectivity index (χ1v) is 11.2. The van der Waals surface area contributed by atoms with Gasteiger partial charge in [-0.15, -0.1) is 0 Å². The highest BCUT2D eigenvalue weighted by Crippen LogP contribution is 2.36. The lowest BCUT2D eigenvalue weighted by atomic mass is 10.0. The van der Waals surface area contributed by atoms with Gasteiger partial charge in [0.2, 0.25) is 5.91 Å². The number of rotatable bonds is 7. The lowest BCUT2D eigenvalue weighted by Gasteiger charge is -2.36. The molecule has 2 aliphatic rings. The Bertz CT molecular complexity index is 909. The normalized spacial score (nSPS) is 18.2. The van der Waals surface area contributed by atoms with E-state index in [1.165, 1.54) is 12.1 Å². The Morgan fingerprint density at radius 1 is 1.12 bits per heavy atom. The molecule has 32 heavy (non-hydrogen) atoms. The number of hydrogen-bond acceptors (Lipinski definition) is 4. The van der Waals surface area contributed by atoms with Crippen LogP contribution in [0.1, 0.15) is 43.4 Å². The van der Waals surface area contributed by atoms with E-state index in [2.05, 4.69) is 14.8 Å². The molecule has 0 bridgehead atoms. The number of piperazine rings is 1. The van der Waals surface area contributed by atoms with Gasteiger partial charge in [-0.05, 0) is 49.6 Å². The number of benzene rings is 1. The van der Waals surface area contributed by atoms with E-state index < -0.39 is 11.7 Å². The second-order valence-corrected chi connectivity index (χ2v) is 8.57. The molecule has 1 aliphatic heterocycles. The quantitative estimate of drug-likeness (QED) is 0.634. The van der Waals surface area contributed by atoms with Crippen molar-refractivity contribution in [2.75, 3.05) is 37.6 Å².